The number of nitrogens with zero attached hydrogens (tertiary/aromatic N) is 3. The lowest BCUT2D eigenvalue weighted by Gasteiger charge is -1.89. The average molecular weight is 122 g/mol. The Balaban J connectivity index is 2.61. The molecule has 0 saturated heterocycles. The Labute approximate surface area is 54.2 Å². The maximum atomic E-state index is 3.94. The zero-order valence-electron chi connectivity index (χ0n) is 5.33. The molecule has 0 aliphatic rings. The molecule has 0 aliphatic heterocycles. The highest BCUT2D eigenvalue weighted by molar-refractivity contribution is 4.79. The van der Waals surface area contributed by atoms with E-state index in [1.54, 1.807) is 0 Å². The molecule has 0 atom stereocenters. The third kappa shape index (κ3) is 1.76. The minimum atomic E-state index is 0.802. The molecule has 0 fully saturated rings. The van der Waals surface area contributed by atoms with Gasteiger partial charge in [-0.05, 0) is 6.42 Å². The Morgan fingerprint density at radius 1 is 1.67 bits per heavy atom. The van der Waals surface area contributed by atoms with E-state index in [2.05, 4.69) is 28.3 Å². The van der Waals surface area contributed by atoms with Crippen LogP contribution in [0.15, 0.2) is 6.20 Å². The molecular weight excluding hydrogens is 114 g/mol. The van der Waals surface area contributed by atoms with Crippen LogP contribution in [0.3, 0.4) is 0 Å². The van der Waals surface area contributed by atoms with Crippen LogP contribution in [0.25, 0.3) is 0 Å². The van der Waals surface area contributed by atoms with Gasteiger partial charge in [0.15, 0.2) is 5.82 Å². The minimum Gasteiger partial charge on any atom is -0.237 e. The SMILES string of the molecule is CCCc1nc[c]nn1. The lowest BCUT2D eigenvalue weighted by atomic mass is 10.3. The van der Waals surface area contributed by atoms with Gasteiger partial charge in [0.2, 0.25) is 0 Å². The van der Waals surface area contributed by atoms with E-state index in [0.717, 1.165) is 18.7 Å². The summed E-state index contributed by atoms with van der Waals surface area (Å²) in [7, 11) is 0. The lowest BCUT2D eigenvalue weighted by Crippen LogP contribution is -1.94. The molecule has 1 radical (unpaired) electrons. The van der Waals surface area contributed by atoms with Crippen LogP contribution in [0, 0.1) is 6.20 Å². The van der Waals surface area contributed by atoms with Crippen molar-refractivity contribution in [3.05, 3.63) is 18.2 Å². The first-order valence-corrected chi connectivity index (χ1v) is 2.98. The second kappa shape index (κ2) is 3.12. The van der Waals surface area contributed by atoms with Gasteiger partial charge in [-0.1, -0.05) is 6.92 Å². The number of aromatic nitrogens is 3. The van der Waals surface area contributed by atoms with Gasteiger partial charge >= 0.3 is 0 Å². The van der Waals surface area contributed by atoms with Crippen molar-refractivity contribution in [3.63, 3.8) is 0 Å². The molecule has 0 aromatic carbocycles. The first-order chi connectivity index (χ1) is 4.43. The molecule has 3 heteroatoms. The van der Waals surface area contributed by atoms with Crippen molar-refractivity contribution in [2.24, 2.45) is 0 Å². The van der Waals surface area contributed by atoms with Crippen LogP contribution < -0.4 is 0 Å². The predicted molar refractivity (Wildman–Crippen MR) is 32.7 cm³/mol. The standard InChI is InChI=1S/C6H8N3/c1-2-3-6-7-4-5-8-9-6/h4H,2-3H2,1H3. The number of hydrogen-bond donors (Lipinski definition) is 0. The molecule has 0 N–H and O–H groups in total. The van der Waals surface area contributed by atoms with Gasteiger partial charge in [0.05, 0.1) is 6.20 Å². The summed E-state index contributed by atoms with van der Waals surface area (Å²) in [5, 5.41) is 7.32. The van der Waals surface area contributed by atoms with Crippen LogP contribution in [-0.4, -0.2) is 15.2 Å². The second-order valence-electron chi connectivity index (χ2n) is 1.75. The van der Waals surface area contributed by atoms with Crippen molar-refractivity contribution in [2.45, 2.75) is 19.8 Å². The van der Waals surface area contributed by atoms with Crippen LogP contribution in [-0.2, 0) is 6.42 Å². The Morgan fingerprint density at radius 2 is 2.56 bits per heavy atom. The summed E-state index contributed by atoms with van der Waals surface area (Å²) in [6, 6.07) is 0. The van der Waals surface area contributed by atoms with Crippen LogP contribution >= 0.6 is 0 Å². The molecule has 47 valence electrons. The highest BCUT2D eigenvalue weighted by atomic mass is 15.1. The molecule has 0 saturated carbocycles. The van der Waals surface area contributed by atoms with Crippen molar-refractivity contribution in [3.8, 4) is 0 Å². The Bertz CT molecular complexity index is 161. The Hall–Kier alpha value is -0.990. The van der Waals surface area contributed by atoms with Gasteiger partial charge in [0.25, 0.3) is 0 Å². The molecule has 9 heavy (non-hydrogen) atoms. The van der Waals surface area contributed by atoms with E-state index in [4.69, 9.17) is 0 Å². The first-order valence-electron chi connectivity index (χ1n) is 2.98. The monoisotopic (exact) mass is 122 g/mol. The highest BCUT2D eigenvalue weighted by Crippen LogP contribution is 1.89. The Morgan fingerprint density at radius 3 is 3.11 bits per heavy atom. The summed E-state index contributed by atoms with van der Waals surface area (Å²) in [5.41, 5.74) is 0. The van der Waals surface area contributed by atoms with Crippen molar-refractivity contribution >= 4 is 0 Å². The van der Waals surface area contributed by atoms with E-state index in [1.165, 1.54) is 6.20 Å². The summed E-state index contributed by atoms with van der Waals surface area (Å²) in [5.74, 6) is 0.802. The van der Waals surface area contributed by atoms with Gasteiger partial charge in [-0.15, -0.1) is 10.2 Å². The molecule has 0 amide bonds. The topological polar surface area (TPSA) is 38.7 Å². The third-order valence-corrected chi connectivity index (χ3v) is 0.968. The fourth-order valence-corrected chi connectivity index (χ4v) is 0.580. The predicted octanol–water partition coefficient (Wildman–Crippen LogP) is 0.624. The van der Waals surface area contributed by atoms with Gasteiger partial charge < -0.3 is 0 Å². The summed E-state index contributed by atoms with van der Waals surface area (Å²) < 4.78 is 0. The summed E-state index contributed by atoms with van der Waals surface area (Å²) >= 11 is 0. The largest absolute Gasteiger partial charge is 0.237 e. The Kier molecular flexibility index (Phi) is 2.13. The van der Waals surface area contributed by atoms with Crippen molar-refractivity contribution < 1.29 is 0 Å². The first kappa shape index (κ1) is 6.13. The van der Waals surface area contributed by atoms with E-state index < -0.39 is 0 Å². The average Bonchev–Trinajstić information content (AvgIpc) is 1.91. The van der Waals surface area contributed by atoms with Crippen LogP contribution in [0.5, 0.6) is 0 Å². The molecule has 1 aromatic heterocycles. The number of rotatable bonds is 2. The third-order valence-electron chi connectivity index (χ3n) is 0.968. The number of hydrogen-bond acceptors (Lipinski definition) is 3. The summed E-state index contributed by atoms with van der Waals surface area (Å²) in [6.45, 7) is 2.08. The van der Waals surface area contributed by atoms with Gasteiger partial charge in [0, 0.05) is 6.42 Å². The van der Waals surface area contributed by atoms with Gasteiger partial charge in [0.1, 0.15) is 6.20 Å². The van der Waals surface area contributed by atoms with E-state index >= 15 is 0 Å². The van der Waals surface area contributed by atoms with Crippen LogP contribution in [0.4, 0.5) is 0 Å². The molecule has 0 spiro atoms. The van der Waals surface area contributed by atoms with E-state index in [9.17, 15) is 0 Å². The normalized spacial score (nSPS) is 9.44. The quantitative estimate of drug-likeness (QED) is 0.577. The summed E-state index contributed by atoms with van der Waals surface area (Å²) in [4.78, 5) is 3.94. The van der Waals surface area contributed by atoms with Crippen LogP contribution in [0.2, 0.25) is 0 Å². The van der Waals surface area contributed by atoms with E-state index in [1.807, 2.05) is 0 Å². The van der Waals surface area contributed by atoms with E-state index in [0.29, 0.717) is 0 Å². The fraction of sp³-hybridized carbons (Fsp3) is 0.500. The van der Waals surface area contributed by atoms with Crippen molar-refractivity contribution in [1.82, 2.24) is 15.2 Å². The van der Waals surface area contributed by atoms with Crippen LogP contribution in [0.1, 0.15) is 19.2 Å². The van der Waals surface area contributed by atoms with Crippen molar-refractivity contribution in [2.75, 3.05) is 0 Å². The zero-order valence-corrected chi connectivity index (χ0v) is 5.33. The maximum absolute atomic E-state index is 3.94. The highest BCUT2D eigenvalue weighted by Gasteiger charge is 1.89. The minimum absolute atomic E-state index is 0.802. The molecule has 0 unspecified atom stereocenters. The molecule has 1 aromatic rings. The maximum Gasteiger partial charge on any atom is 0.150 e. The zero-order chi connectivity index (χ0) is 6.53. The smallest absolute Gasteiger partial charge is 0.150 e. The van der Waals surface area contributed by atoms with Crippen molar-refractivity contribution in [1.29, 1.82) is 0 Å². The molecule has 3 nitrogen and oxygen atoms in total. The molecular formula is C6H8N3. The molecule has 1 rings (SSSR count). The molecule has 0 aliphatic carbocycles. The fourth-order valence-electron chi connectivity index (χ4n) is 0.580. The summed E-state index contributed by atoms with van der Waals surface area (Å²) in [6.07, 6.45) is 6.02. The number of aryl methyl sites for hydroxylation is 1. The lowest BCUT2D eigenvalue weighted by molar-refractivity contribution is 0.784. The van der Waals surface area contributed by atoms with Gasteiger partial charge in [-0.25, -0.2) is 4.98 Å². The van der Waals surface area contributed by atoms with Gasteiger partial charge in [-0.3, -0.25) is 0 Å². The second-order valence-corrected chi connectivity index (χ2v) is 1.75. The molecule has 0 bridgehead atoms. The van der Waals surface area contributed by atoms with E-state index in [-0.39, 0.29) is 0 Å². The molecule has 1 heterocycles. The van der Waals surface area contributed by atoms with Gasteiger partial charge in [-0.2, -0.15) is 0 Å².